The minimum Gasteiger partial charge on any atom is -0.332 e. The fraction of sp³-hybridized carbons (Fsp3) is 0.889. The summed E-state index contributed by atoms with van der Waals surface area (Å²) in [5, 5.41) is 2.84. The number of nitrogens with two attached hydrogens (primary N) is 1. The zero-order valence-corrected chi connectivity index (χ0v) is 8.42. The molecule has 1 rings (SSSR count). The third-order valence-corrected chi connectivity index (χ3v) is 2.32. The van der Waals surface area contributed by atoms with E-state index in [1.165, 1.54) is 0 Å². The minimum atomic E-state index is 0.0381. The maximum absolute atomic E-state index is 11.3. The Labute approximate surface area is 79.5 Å². The van der Waals surface area contributed by atoms with Crippen molar-refractivity contribution in [2.45, 2.75) is 26.3 Å². The molecule has 1 atom stereocenters. The fourth-order valence-corrected chi connectivity index (χ4v) is 1.40. The van der Waals surface area contributed by atoms with Gasteiger partial charge < -0.3 is 16.0 Å². The summed E-state index contributed by atoms with van der Waals surface area (Å²) in [5.41, 5.74) is 5.47. The van der Waals surface area contributed by atoms with E-state index in [1.807, 2.05) is 4.90 Å². The van der Waals surface area contributed by atoms with Crippen molar-refractivity contribution in [1.29, 1.82) is 0 Å². The number of carbonyl (C=O) groups is 1. The van der Waals surface area contributed by atoms with E-state index in [-0.39, 0.29) is 12.1 Å². The number of rotatable bonds is 4. The quantitative estimate of drug-likeness (QED) is 0.665. The molecule has 3 N–H and O–H groups in total. The number of hydrogen-bond acceptors (Lipinski definition) is 2. The standard InChI is InChI=1S/C9H19N3O/c1-7(2)3-4-12-6-8(5-10)11-9(12)13/h7-8H,3-6,10H2,1-2H3,(H,11,13). The molecule has 4 nitrogen and oxygen atoms in total. The minimum absolute atomic E-state index is 0.0381. The highest BCUT2D eigenvalue weighted by Crippen LogP contribution is 2.07. The molecule has 0 spiro atoms. The molecule has 1 aliphatic rings. The van der Waals surface area contributed by atoms with Crippen LogP contribution in [0.3, 0.4) is 0 Å². The summed E-state index contributed by atoms with van der Waals surface area (Å²) in [7, 11) is 0. The van der Waals surface area contributed by atoms with Crippen LogP contribution in [0.1, 0.15) is 20.3 Å². The summed E-state index contributed by atoms with van der Waals surface area (Å²) in [6, 6.07) is 0.191. The van der Waals surface area contributed by atoms with Crippen molar-refractivity contribution in [3.05, 3.63) is 0 Å². The van der Waals surface area contributed by atoms with Crippen LogP contribution in [0.2, 0.25) is 0 Å². The van der Waals surface area contributed by atoms with Crippen LogP contribution in [0.4, 0.5) is 4.79 Å². The van der Waals surface area contributed by atoms with Crippen LogP contribution in [-0.2, 0) is 0 Å². The van der Waals surface area contributed by atoms with Crippen LogP contribution in [0.5, 0.6) is 0 Å². The van der Waals surface area contributed by atoms with Crippen LogP contribution >= 0.6 is 0 Å². The van der Waals surface area contributed by atoms with E-state index in [0.29, 0.717) is 12.5 Å². The predicted molar refractivity (Wildman–Crippen MR) is 52.4 cm³/mol. The van der Waals surface area contributed by atoms with E-state index in [2.05, 4.69) is 19.2 Å². The second-order valence-corrected chi connectivity index (χ2v) is 4.01. The molecule has 0 radical (unpaired) electrons. The van der Waals surface area contributed by atoms with Gasteiger partial charge in [-0.2, -0.15) is 0 Å². The summed E-state index contributed by atoms with van der Waals surface area (Å²) in [5.74, 6) is 0.643. The maximum atomic E-state index is 11.3. The average Bonchev–Trinajstić information content (AvgIpc) is 2.43. The summed E-state index contributed by atoms with van der Waals surface area (Å²) >= 11 is 0. The van der Waals surface area contributed by atoms with Gasteiger partial charge in [-0.15, -0.1) is 0 Å². The molecule has 0 aromatic rings. The van der Waals surface area contributed by atoms with Gasteiger partial charge in [-0.1, -0.05) is 13.8 Å². The van der Waals surface area contributed by atoms with Gasteiger partial charge in [0.15, 0.2) is 0 Å². The van der Waals surface area contributed by atoms with Gasteiger partial charge in [-0.3, -0.25) is 0 Å². The van der Waals surface area contributed by atoms with Gasteiger partial charge in [-0.05, 0) is 12.3 Å². The zero-order valence-electron chi connectivity index (χ0n) is 8.42. The smallest absolute Gasteiger partial charge is 0.317 e. The number of nitrogens with one attached hydrogen (secondary N) is 1. The van der Waals surface area contributed by atoms with Crippen LogP contribution in [0, 0.1) is 5.92 Å². The lowest BCUT2D eigenvalue weighted by Gasteiger charge is -2.15. The third kappa shape index (κ3) is 2.88. The van der Waals surface area contributed by atoms with E-state index in [1.54, 1.807) is 0 Å². The fourth-order valence-electron chi connectivity index (χ4n) is 1.40. The molecule has 1 aliphatic heterocycles. The molecule has 1 fully saturated rings. The predicted octanol–water partition coefficient (Wildman–Crippen LogP) is 0.385. The third-order valence-electron chi connectivity index (χ3n) is 2.32. The Morgan fingerprint density at radius 2 is 2.38 bits per heavy atom. The van der Waals surface area contributed by atoms with E-state index in [9.17, 15) is 4.79 Å². The van der Waals surface area contributed by atoms with Crippen molar-refractivity contribution >= 4 is 6.03 Å². The van der Waals surface area contributed by atoms with E-state index < -0.39 is 0 Å². The monoisotopic (exact) mass is 185 g/mol. The molecule has 76 valence electrons. The van der Waals surface area contributed by atoms with Crippen LogP contribution in [0.25, 0.3) is 0 Å². The molecule has 0 aromatic heterocycles. The molecule has 0 saturated carbocycles. The summed E-state index contributed by atoms with van der Waals surface area (Å²) < 4.78 is 0. The highest BCUT2D eigenvalue weighted by atomic mass is 16.2. The van der Waals surface area contributed by atoms with Gasteiger partial charge in [0.1, 0.15) is 0 Å². The van der Waals surface area contributed by atoms with Gasteiger partial charge >= 0.3 is 6.03 Å². The Balaban J connectivity index is 2.31. The first-order valence-electron chi connectivity index (χ1n) is 4.89. The van der Waals surface area contributed by atoms with E-state index in [4.69, 9.17) is 5.73 Å². The topological polar surface area (TPSA) is 58.4 Å². The molecule has 1 unspecified atom stereocenters. The Morgan fingerprint density at radius 1 is 1.69 bits per heavy atom. The first-order valence-corrected chi connectivity index (χ1v) is 4.89. The van der Waals surface area contributed by atoms with Gasteiger partial charge in [0.05, 0.1) is 6.04 Å². The molecule has 1 saturated heterocycles. The molecule has 0 bridgehead atoms. The molecule has 0 aromatic carbocycles. The number of carbonyl (C=O) groups excluding carboxylic acids is 1. The Morgan fingerprint density at radius 3 is 2.85 bits per heavy atom. The van der Waals surface area contributed by atoms with Crippen LogP contribution < -0.4 is 11.1 Å². The average molecular weight is 185 g/mol. The summed E-state index contributed by atoms with van der Waals surface area (Å²) in [6.07, 6.45) is 1.06. The first kappa shape index (κ1) is 10.3. The van der Waals surface area contributed by atoms with E-state index >= 15 is 0 Å². The lowest BCUT2D eigenvalue weighted by molar-refractivity contribution is 0.215. The van der Waals surface area contributed by atoms with Crippen LogP contribution in [-0.4, -0.2) is 36.6 Å². The zero-order chi connectivity index (χ0) is 9.84. The lowest BCUT2D eigenvalue weighted by Crippen LogP contribution is -2.33. The van der Waals surface area contributed by atoms with E-state index in [0.717, 1.165) is 19.5 Å². The SMILES string of the molecule is CC(C)CCN1CC(CN)NC1=O. The number of amides is 2. The van der Waals surface area contributed by atoms with Crippen molar-refractivity contribution < 1.29 is 4.79 Å². The van der Waals surface area contributed by atoms with Crippen molar-refractivity contribution in [1.82, 2.24) is 10.2 Å². The van der Waals surface area contributed by atoms with Gasteiger partial charge in [0.25, 0.3) is 0 Å². The summed E-state index contributed by atoms with van der Waals surface area (Å²) in [4.78, 5) is 13.2. The molecule has 0 aliphatic carbocycles. The molecular formula is C9H19N3O. The van der Waals surface area contributed by atoms with Crippen molar-refractivity contribution in [3.8, 4) is 0 Å². The van der Waals surface area contributed by atoms with Crippen molar-refractivity contribution in [3.63, 3.8) is 0 Å². The highest BCUT2D eigenvalue weighted by molar-refractivity contribution is 5.76. The Bertz CT molecular complexity index is 182. The molecular weight excluding hydrogens is 166 g/mol. The Hall–Kier alpha value is -0.770. The molecule has 13 heavy (non-hydrogen) atoms. The largest absolute Gasteiger partial charge is 0.332 e. The number of nitrogens with zero attached hydrogens (tertiary/aromatic N) is 1. The van der Waals surface area contributed by atoms with Crippen molar-refractivity contribution in [2.75, 3.05) is 19.6 Å². The first-order chi connectivity index (χ1) is 6.13. The van der Waals surface area contributed by atoms with Gasteiger partial charge in [0, 0.05) is 19.6 Å². The second-order valence-electron chi connectivity index (χ2n) is 4.01. The summed E-state index contributed by atoms with van der Waals surface area (Å²) in [6.45, 7) is 6.47. The molecule has 4 heteroatoms. The number of urea groups is 1. The van der Waals surface area contributed by atoms with Crippen molar-refractivity contribution in [2.24, 2.45) is 11.7 Å². The molecule has 2 amide bonds. The lowest BCUT2D eigenvalue weighted by atomic mass is 10.1. The maximum Gasteiger partial charge on any atom is 0.317 e. The Kier molecular flexibility index (Phi) is 3.54. The highest BCUT2D eigenvalue weighted by Gasteiger charge is 2.26. The van der Waals surface area contributed by atoms with Gasteiger partial charge in [-0.25, -0.2) is 4.79 Å². The molecule has 1 heterocycles. The van der Waals surface area contributed by atoms with Gasteiger partial charge in [0.2, 0.25) is 0 Å². The normalized spacial score (nSPS) is 22.6. The second kappa shape index (κ2) is 4.46. The number of hydrogen-bond donors (Lipinski definition) is 2. The van der Waals surface area contributed by atoms with Crippen LogP contribution in [0.15, 0.2) is 0 Å².